The number of rotatable bonds is 75. The Labute approximate surface area is 588 Å². The van der Waals surface area contributed by atoms with Gasteiger partial charge in [-0.25, -0.2) is 9.13 Å². The van der Waals surface area contributed by atoms with E-state index in [1.165, 1.54) is 205 Å². The topological polar surface area (TPSA) is 237 Å². The Balaban J connectivity index is 5.27. The van der Waals surface area contributed by atoms with Crippen LogP contribution in [-0.4, -0.2) is 96.7 Å². The molecular weight excluding hydrogens is 1260 g/mol. The van der Waals surface area contributed by atoms with Crippen molar-refractivity contribution in [2.24, 2.45) is 17.8 Å². The number of hydrogen-bond donors (Lipinski definition) is 3. The van der Waals surface area contributed by atoms with E-state index in [0.29, 0.717) is 25.7 Å². The Morgan fingerprint density at radius 1 is 0.281 bits per heavy atom. The van der Waals surface area contributed by atoms with Crippen molar-refractivity contribution in [3.63, 3.8) is 0 Å². The average molecular weight is 1410 g/mol. The molecule has 0 aliphatic heterocycles. The lowest BCUT2D eigenvalue weighted by atomic mass is 10.0. The molecule has 0 aromatic rings. The lowest BCUT2D eigenvalue weighted by Gasteiger charge is -2.21. The van der Waals surface area contributed by atoms with Crippen LogP contribution in [0, 0.1) is 17.8 Å². The van der Waals surface area contributed by atoms with E-state index in [9.17, 15) is 43.2 Å². The Morgan fingerprint density at radius 2 is 0.479 bits per heavy atom. The second kappa shape index (κ2) is 67.5. The smallest absolute Gasteiger partial charge is 0.462 e. The fourth-order valence-corrected chi connectivity index (χ4v) is 13.4. The summed E-state index contributed by atoms with van der Waals surface area (Å²) in [6.07, 6.45) is 53.9. The molecule has 5 atom stereocenters. The second-order valence-electron chi connectivity index (χ2n) is 29.2. The summed E-state index contributed by atoms with van der Waals surface area (Å²) in [6, 6.07) is 0. The van der Waals surface area contributed by atoms with Crippen LogP contribution in [0.15, 0.2) is 0 Å². The summed E-state index contributed by atoms with van der Waals surface area (Å²) < 4.78 is 68.6. The van der Waals surface area contributed by atoms with Crippen molar-refractivity contribution in [3.8, 4) is 0 Å². The maximum atomic E-state index is 13.1. The zero-order chi connectivity index (χ0) is 70.9. The number of carbonyl (C=O) groups is 4. The minimum atomic E-state index is -4.96. The van der Waals surface area contributed by atoms with Gasteiger partial charge in [0.05, 0.1) is 26.4 Å². The van der Waals surface area contributed by atoms with Crippen LogP contribution in [0.1, 0.15) is 395 Å². The second-order valence-corrected chi connectivity index (χ2v) is 32.1. The molecule has 0 aromatic carbocycles. The van der Waals surface area contributed by atoms with E-state index in [2.05, 4.69) is 48.5 Å². The number of unbranched alkanes of at least 4 members (excludes halogenated alkanes) is 43. The molecule has 0 spiro atoms. The van der Waals surface area contributed by atoms with E-state index in [-0.39, 0.29) is 25.7 Å². The van der Waals surface area contributed by atoms with Crippen LogP contribution >= 0.6 is 15.6 Å². The number of esters is 4. The molecule has 0 rings (SSSR count). The van der Waals surface area contributed by atoms with E-state index in [4.69, 9.17) is 37.0 Å². The van der Waals surface area contributed by atoms with Crippen molar-refractivity contribution in [3.05, 3.63) is 0 Å². The molecule has 570 valence electrons. The van der Waals surface area contributed by atoms with Gasteiger partial charge in [0.15, 0.2) is 12.2 Å². The number of ether oxygens (including phenoxy) is 4. The van der Waals surface area contributed by atoms with Gasteiger partial charge in [0.25, 0.3) is 0 Å². The quantitative estimate of drug-likeness (QED) is 0.0222. The highest BCUT2D eigenvalue weighted by Gasteiger charge is 2.30. The van der Waals surface area contributed by atoms with E-state index in [0.717, 1.165) is 108 Å². The van der Waals surface area contributed by atoms with E-state index >= 15 is 0 Å². The molecule has 17 nitrogen and oxygen atoms in total. The maximum Gasteiger partial charge on any atom is 0.472 e. The first kappa shape index (κ1) is 94.1. The summed E-state index contributed by atoms with van der Waals surface area (Å²) in [5.41, 5.74) is 0. The van der Waals surface area contributed by atoms with Crippen molar-refractivity contribution in [2.75, 3.05) is 39.6 Å². The molecule has 0 saturated carbocycles. The standard InChI is InChI=1S/C77H150O17P2/c1-8-9-10-11-12-13-14-16-22-30-37-44-51-58-74(79)87-65-73(94-77(82)61-54-47-40-33-26-25-29-36-43-50-57-70(6)7)67-92-96(85,86)90-63-71(78)62-89-95(83,84)91-66-72(64-88-75(80)59-52-45-38-31-24-19-21-28-35-42-49-56-69(4)5)93-76(81)60-53-46-39-32-23-18-15-17-20-27-34-41-48-55-68(2)3/h68-73,78H,8-67H2,1-7H3,(H,83,84)(H,85,86)/t71-,72-,73-/m1/s1. The highest BCUT2D eigenvalue weighted by Crippen LogP contribution is 2.45. The van der Waals surface area contributed by atoms with Crippen LogP contribution in [0.4, 0.5) is 0 Å². The highest BCUT2D eigenvalue weighted by molar-refractivity contribution is 7.47. The molecule has 0 bridgehead atoms. The lowest BCUT2D eigenvalue weighted by molar-refractivity contribution is -0.161. The Kier molecular flexibility index (Phi) is 66.2. The summed E-state index contributed by atoms with van der Waals surface area (Å²) >= 11 is 0. The first-order valence-corrected chi connectivity index (χ1v) is 42.8. The SMILES string of the molecule is CCCCCCCCCCCCCCCC(=O)OC[C@H](COP(=O)(O)OC[C@H](O)COP(=O)(O)OC[C@@H](COC(=O)CCCCCCCCCCCCCC(C)C)OC(=O)CCCCCCCCCCCCCCCC(C)C)OC(=O)CCCCCCCCCCCCC(C)C. The van der Waals surface area contributed by atoms with Gasteiger partial charge in [0.2, 0.25) is 0 Å². The van der Waals surface area contributed by atoms with Crippen molar-refractivity contribution in [2.45, 2.75) is 414 Å². The number of hydrogen-bond acceptors (Lipinski definition) is 15. The van der Waals surface area contributed by atoms with Gasteiger partial charge in [-0.2, -0.15) is 0 Å². The predicted molar refractivity (Wildman–Crippen MR) is 391 cm³/mol. The molecule has 0 heterocycles. The average Bonchev–Trinajstić information content (AvgIpc) is 1.55. The summed E-state index contributed by atoms with van der Waals surface area (Å²) in [5.74, 6) is 0.195. The molecule has 0 aliphatic rings. The van der Waals surface area contributed by atoms with E-state index in [1.807, 2.05) is 0 Å². The lowest BCUT2D eigenvalue weighted by Crippen LogP contribution is -2.30. The fourth-order valence-electron chi connectivity index (χ4n) is 11.8. The molecule has 0 aliphatic carbocycles. The van der Waals surface area contributed by atoms with Crippen molar-refractivity contribution in [1.29, 1.82) is 0 Å². The van der Waals surface area contributed by atoms with Gasteiger partial charge in [-0.3, -0.25) is 37.3 Å². The first-order valence-electron chi connectivity index (χ1n) is 39.8. The zero-order valence-electron chi connectivity index (χ0n) is 62.8. The third-order valence-electron chi connectivity index (χ3n) is 17.9. The van der Waals surface area contributed by atoms with Crippen molar-refractivity contribution in [1.82, 2.24) is 0 Å². The Bertz CT molecular complexity index is 1870. The number of aliphatic hydroxyl groups excluding tert-OH is 1. The number of phosphoric acid groups is 2. The molecule has 2 unspecified atom stereocenters. The Morgan fingerprint density at radius 3 is 0.708 bits per heavy atom. The normalized spacial score (nSPS) is 14.1. The van der Waals surface area contributed by atoms with Crippen LogP contribution in [0.5, 0.6) is 0 Å². The minimum absolute atomic E-state index is 0.106. The molecule has 0 fully saturated rings. The van der Waals surface area contributed by atoms with Gasteiger partial charge in [-0.15, -0.1) is 0 Å². The monoisotopic (exact) mass is 1410 g/mol. The third-order valence-corrected chi connectivity index (χ3v) is 19.8. The van der Waals surface area contributed by atoms with E-state index in [1.54, 1.807) is 0 Å². The van der Waals surface area contributed by atoms with Gasteiger partial charge in [-0.1, -0.05) is 344 Å². The van der Waals surface area contributed by atoms with E-state index < -0.39 is 97.5 Å². The van der Waals surface area contributed by atoms with Crippen molar-refractivity contribution < 1.29 is 80.2 Å². The van der Waals surface area contributed by atoms with Crippen LogP contribution in [-0.2, 0) is 65.4 Å². The highest BCUT2D eigenvalue weighted by atomic mass is 31.2. The maximum absolute atomic E-state index is 13.1. The molecule has 0 radical (unpaired) electrons. The summed E-state index contributed by atoms with van der Waals surface area (Å²) in [5, 5.41) is 10.6. The van der Waals surface area contributed by atoms with Gasteiger partial charge >= 0.3 is 39.5 Å². The molecule has 0 aromatic heterocycles. The predicted octanol–water partition coefficient (Wildman–Crippen LogP) is 22.6. The Hall–Kier alpha value is -1.94. The number of aliphatic hydroxyl groups is 1. The molecule has 0 amide bonds. The molecule has 0 saturated heterocycles. The van der Waals surface area contributed by atoms with Crippen LogP contribution in [0.3, 0.4) is 0 Å². The fraction of sp³-hybridized carbons (Fsp3) is 0.948. The molecule has 19 heteroatoms. The summed E-state index contributed by atoms with van der Waals surface area (Å²) in [6.45, 7) is 11.9. The zero-order valence-corrected chi connectivity index (χ0v) is 64.6. The van der Waals surface area contributed by atoms with Crippen molar-refractivity contribution >= 4 is 39.5 Å². The van der Waals surface area contributed by atoms with Gasteiger partial charge in [-0.05, 0) is 43.4 Å². The van der Waals surface area contributed by atoms with Gasteiger partial charge < -0.3 is 33.8 Å². The van der Waals surface area contributed by atoms with Gasteiger partial charge in [0.1, 0.15) is 19.3 Å². The number of phosphoric ester groups is 2. The summed E-state index contributed by atoms with van der Waals surface area (Å²) in [7, 11) is -9.92. The minimum Gasteiger partial charge on any atom is -0.462 e. The molecule has 3 N–H and O–H groups in total. The van der Waals surface area contributed by atoms with Gasteiger partial charge in [0, 0.05) is 25.7 Å². The molecular formula is C77H150O17P2. The third kappa shape index (κ3) is 70.5. The first-order chi connectivity index (χ1) is 46.2. The number of carbonyl (C=O) groups excluding carboxylic acids is 4. The van der Waals surface area contributed by atoms with Crippen LogP contribution in [0.2, 0.25) is 0 Å². The summed E-state index contributed by atoms with van der Waals surface area (Å²) in [4.78, 5) is 72.9. The largest absolute Gasteiger partial charge is 0.472 e. The van der Waals surface area contributed by atoms with Crippen LogP contribution in [0.25, 0.3) is 0 Å². The molecule has 96 heavy (non-hydrogen) atoms. The van der Waals surface area contributed by atoms with Crippen LogP contribution < -0.4 is 0 Å².